The predicted octanol–water partition coefficient (Wildman–Crippen LogP) is 0.854. The molecule has 0 spiro atoms. The Morgan fingerprint density at radius 3 is 3.06 bits per heavy atom. The van der Waals surface area contributed by atoms with Gasteiger partial charge in [-0.3, -0.25) is 10.1 Å². The van der Waals surface area contributed by atoms with Crippen molar-refractivity contribution in [3.63, 3.8) is 0 Å². The second-order valence-corrected chi connectivity index (χ2v) is 4.51. The van der Waals surface area contributed by atoms with E-state index >= 15 is 0 Å². The summed E-state index contributed by atoms with van der Waals surface area (Å²) in [6.07, 6.45) is 4.37. The topological polar surface area (TPSA) is 85.8 Å². The van der Waals surface area contributed by atoms with E-state index in [0.717, 1.165) is 12.1 Å². The Balaban J connectivity index is 1.64. The molecule has 1 aliphatic rings. The number of carbonyl (C=O) groups is 1. The Labute approximate surface area is 103 Å². The van der Waals surface area contributed by atoms with Gasteiger partial charge in [-0.1, -0.05) is 5.16 Å². The lowest BCUT2D eigenvalue weighted by Gasteiger charge is -2.01. The minimum atomic E-state index is -0.0788. The van der Waals surface area contributed by atoms with Gasteiger partial charge in [-0.2, -0.15) is 4.98 Å². The number of aromatic nitrogens is 4. The zero-order valence-corrected chi connectivity index (χ0v) is 10.1. The van der Waals surface area contributed by atoms with Crippen LogP contribution in [-0.4, -0.2) is 25.6 Å². The summed E-state index contributed by atoms with van der Waals surface area (Å²) in [5.74, 6) is 0.628. The fraction of sp³-hybridized carbons (Fsp3) is 0.455. The lowest BCUT2D eigenvalue weighted by molar-refractivity contribution is -0.117. The number of aryl methyl sites for hydroxylation is 2. The third-order valence-electron chi connectivity index (χ3n) is 3.12. The number of hydrogen-bond donors (Lipinski definition) is 1. The van der Waals surface area contributed by atoms with Crippen LogP contribution in [-0.2, 0) is 11.8 Å². The first-order valence-electron chi connectivity index (χ1n) is 5.72. The first-order valence-corrected chi connectivity index (χ1v) is 5.72. The average Bonchev–Trinajstić information content (AvgIpc) is 2.85. The summed E-state index contributed by atoms with van der Waals surface area (Å²) >= 11 is 0. The third-order valence-corrected chi connectivity index (χ3v) is 3.12. The molecule has 2 atom stereocenters. The largest absolute Gasteiger partial charge is 0.337 e. The van der Waals surface area contributed by atoms with Crippen molar-refractivity contribution in [2.24, 2.45) is 13.0 Å². The summed E-state index contributed by atoms with van der Waals surface area (Å²) in [5.41, 5.74) is 1.08. The van der Waals surface area contributed by atoms with Crippen molar-refractivity contribution in [2.45, 2.75) is 19.3 Å². The van der Waals surface area contributed by atoms with Crippen molar-refractivity contribution in [2.75, 3.05) is 5.32 Å². The molecule has 1 aliphatic carbocycles. The molecule has 7 heteroatoms. The molecule has 1 amide bonds. The van der Waals surface area contributed by atoms with E-state index in [1.165, 1.54) is 0 Å². The van der Waals surface area contributed by atoms with Gasteiger partial charge in [-0.15, -0.1) is 0 Å². The highest BCUT2D eigenvalue weighted by Crippen LogP contribution is 2.47. The van der Waals surface area contributed by atoms with E-state index in [-0.39, 0.29) is 23.8 Å². The Bertz CT molecular complexity index is 588. The van der Waals surface area contributed by atoms with Crippen LogP contribution in [0.15, 0.2) is 17.0 Å². The highest BCUT2D eigenvalue weighted by molar-refractivity contribution is 5.93. The maximum atomic E-state index is 11.9. The van der Waals surface area contributed by atoms with Gasteiger partial charge in [0.15, 0.2) is 5.82 Å². The Morgan fingerprint density at radius 2 is 2.44 bits per heavy atom. The Morgan fingerprint density at radius 1 is 1.61 bits per heavy atom. The maximum absolute atomic E-state index is 11.9. The van der Waals surface area contributed by atoms with E-state index in [1.807, 2.05) is 11.6 Å². The Hall–Kier alpha value is -2.18. The van der Waals surface area contributed by atoms with Gasteiger partial charge < -0.3 is 9.09 Å². The zero-order valence-electron chi connectivity index (χ0n) is 10.1. The predicted molar refractivity (Wildman–Crippen MR) is 61.7 cm³/mol. The summed E-state index contributed by atoms with van der Waals surface area (Å²) in [6, 6.07) is 0.160. The average molecular weight is 247 g/mol. The summed E-state index contributed by atoms with van der Waals surface area (Å²) in [7, 11) is 1.93. The maximum Gasteiger partial charge on any atom is 0.328 e. The molecule has 2 aromatic rings. The molecule has 0 bridgehead atoms. The van der Waals surface area contributed by atoms with Gasteiger partial charge >= 0.3 is 6.01 Å². The summed E-state index contributed by atoms with van der Waals surface area (Å²) in [5, 5.41) is 6.24. The molecular formula is C11H13N5O2. The van der Waals surface area contributed by atoms with Gasteiger partial charge in [-0.25, -0.2) is 4.98 Å². The fourth-order valence-corrected chi connectivity index (χ4v) is 2.08. The smallest absolute Gasteiger partial charge is 0.328 e. The number of hydrogen-bond acceptors (Lipinski definition) is 5. The number of carbonyl (C=O) groups excluding carboxylic acids is 1. The van der Waals surface area contributed by atoms with Crippen molar-refractivity contribution in [1.29, 1.82) is 0 Å². The molecule has 1 N–H and O–H groups in total. The minimum absolute atomic E-state index is 0.0346. The van der Waals surface area contributed by atoms with E-state index in [1.54, 1.807) is 19.4 Å². The molecule has 0 radical (unpaired) electrons. The lowest BCUT2D eigenvalue weighted by atomic mass is 10.2. The summed E-state index contributed by atoms with van der Waals surface area (Å²) < 4.78 is 6.79. The van der Waals surface area contributed by atoms with Crippen LogP contribution >= 0.6 is 0 Å². The molecule has 2 heterocycles. The van der Waals surface area contributed by atoms with Crippen LogP contribution in [0, 0.1) is 12.8 Å². The van der Waals surface area contributed by atoms with Crippen LogP contribution in [0.3, 0.4) is 0 Å². The Kier molecular flexibility index (Phi) is 2.39. The zero-order chi connectivity index (χ0) is 12.7. The first-order chi connectivity index (χ1) is 8.65. The van der Waals surface area contributed by atoms with E-state index in [2.05, 4.69) is 20.4 Å². The molecule has 0 aromatic carbocycles. The molecule has 2 aromatic heterocycles. The van der Waals surface area contributed by atoms with Crippen LogP contribution in [0.25, 0.3) is 0 Å². The lowest BCUT2D eigenvalue weighted by Crippen LogP contribution is -2.15. The van der Waals surface area contributed by atoms with Crippen molar-refractivity contribution < 1.29 is 9.32 Å². The number of nitrogens with one attached hydrogen (secondary N) is 1. The standard InChI is InChI=1S/C11H13N5O2/c1-6-13-11(18-15-6)14-10(17)8-3-7(8)9-4-12-5-16(9)2/h4-5,7-8H,3H2,1-2H3,(H,13,14,15,17)/t7-,8-/m1/s1. The van der Waals surface area contributed by atoms with Gasteiger partial charge in [0.05, 0.1) is 6.33 Å². The van der Waals surface area contributed by atoms with Crippen LogP contribution in [0.5, 0.6) is 0 Å². The molecule has 1 saturated carbocycles. The SMILES string of the molecule is Cc1noc(NC(=O)[C@@H]2C[C@H]2c2cncn2C)n1. The summed E-state index contributed by atoms with van der Waals surface area (Å²) in [6.45, 7) is 1.70. The molecule has 94 valence electrons. The van der Waals surface area contributed by atoms with Gasteiger partial charge in [0.1, 0.15) is 0 Å². The van der Waals surface area contributed by atoms with E-state index in [9.17, 15) is 4.79 Å². The van der Waals surface area contributed by atoms with Crippen molar-refractivity contribution in [3.05, 3.63) is 24.0 Å². The molecule has 1 fully saturated rings. The molecular weight excluding hydrogens is 234 g/mol. The third kappa shape index (κ3) is 1.87. The van der Waals surface area contributed by atoms with Gasteiger partial charge in [-0.05, 0) is 13.3 Å². The van der Waals surface area contributed by atoms with E-state index in [0.29, 0.717) is 5.82 Å². The molecule has 0 saturated heterocycles. The number of amides is 1. The van der Waals surface area contributed by atoms with Crippen LogP contribution in [0.2, 0.25) is 0 Å². The summed E-state index contributed by atoms with van der Waals surface area (Å²) in [4.78, 5) is 19.9. The van der Waals surface area contributed by atoms with Gasteiger partial charge in [0.25, 0.3) is 0 Å². The second-order valence-electron chi connectivity index (χ2n) is 4.51. The number of anilines is 1. The molecule has 3 rings (SSSR count). The number of nitrogens with zero attached hydrogens (tertiary/aromatic N) is 4. The van der Waals surface area contributed by atoms with Gasteiger partial charge in [0, 0.05) is 30.8 Å². The van der Waals surface area contributed by atoms with Crippen LogP contribution in [0.4, 0.5) is 6.01 Å². The van der Waals surface area contributed by atoms with E-state index < -0.39 is 0 Å². The number of rotatable bonds is 3. The van der Waals surface area contributed by atoms with Crippen LogP contribution in [0.1, 0.15) is 23.9 Å². The molecule has 0 unspecified atom stereocenters. The van der Waals surface area contributed by atoms with Crippen molar-refractivity contribution in [3.8, 4) is 0 Å². The monoisotopic (exact) mass is 247 g/mol. The van der Waals surface area contributed by atoms with Crippen molar-refractivity contribution in [1.82, 2.24) is 19.7 Å². The first kappa shape index (κ1) is 10.9. The van der Waals surface area contributed by atoms with Crippen molar-refractivity contribution >= 4 is 11.9 Å². The minimum Gasteiger partial charge on any atom is -0.337 e. The normalized spacial score (nSPS) is 21.9. The quantitative estimate of drug-likeness (QED) is 0.869. The second kappa shape index (κ2) is 3.94. The molecule has 0 aliphatic heterocycles. The molecule has 7 nitrogen and oxygen atoms in total. The van der Waals surface area contributed by atoms with Crippen LogP contribution < -0.4 is 5.32 Å². The highest BCUT2D eigenvalue weighted by Gasteiger charge is 2.45. The fourth-order valence-electron chi connectivity index (χ4n) is 2.08. The number of imidazole rings is 1. The highest BCUT2D eigenvalue weighted by atomic mass is 16.5. The van der Waals surface area contributed by atoms with E-state index in [4.69, 9.17) is 4.52 Å². The molecule has 18 heavy (non-hydrogen) atoms. The van der Waals surface area contributed by atoms with Gasteiger partial charge in [0.2, 0.25) is 5.91 Å².